The van der Waals surface area contributed by atoms with Gasteiger partial charge >= 0.3 is 42.1 Å². The van der Waals surface area contributed by atoms with Crippen LogP contribution in [0.5, 0.6) is 0 Å². The Morgan fingerprint density at radius 2 is 0.800 bits per heavy atom. The summed E-state index contributed by atoms with van der Waals surface area (Å²) in [5.74, 6) is 0. The molecule has 6 nitrogen and oxygen atoms in total. The number of hydrogen-bond acceptors (Lipinski definition) is 4. The molecule has 8 heteroatoms. The van der Waals surface area contributed by atoms with Gasteiger partial charge in [-0.2, -0.15) is 0 Å². The average Bonchev–Trinajstić information content (AvgIpc) is 3.83. The van der Waals surface area contributed by atoms with E-state index in [4.69, 9.17) is 0 Å². The molecule has 304 valence electrons. The monoisotopic (exact) mass is 1140 g/mol. The fourth-order valence-corrected chi connectivity index (χ4v) is 6.40. The van der Waals surface area contributed by atoms with Crippen molar-refractivity contribution in [3.05, 3.63) is 194 Å². The second kappa shape index (κ2) is 20.6. The van der Waals surface area contributed by atoms with Gasteiger partial charge in [-0.05, 0) is 78.1 Å². The number of pyridine rings is 4. The molecule has 4 aromatic carbocycles. The Hall–Kier alpha value is -5.54. The van der Waals surface area contributed by atoms with Gasteiger partial charge in [0, 0.05) is 12.4 Å². The number of rotatable bonds is 2. The Kier molecular flexibility index (Phi) is 15.7. The molecular formula is C52H46N6Pt2. The van der Waals surface area contributed by atoms with Gasteiger partial charge < -0.3 is 29.9 Å². The number of fused-ring (bicyclic) bond motifs is 6. The van der Waals surface area contributed by atoms with Gasteiger partial charge in [-0.1, -0.05) is 150 Å². The molecular weight excluding hydrogens is 1100 g/mol. The van der Waals surface area contributed by atoms with Crippen LogP contribution in [0.4, 0.5) is 0 Å². The van der Waals surface area contributed by atoms with E-state index in [9.17, 15) is 0 Å². The van der Waals surface area contributed by atoms with Crippen LogP contribution < -0.4 is 9.97 Å². The van der Waals surface area contributed by atoms with Gasteiger partial charge in [-0.15, -0.1) is 71.8 Å². The molecule has 6 heterocycles. The molecule has 6 aromatic heterocycles. The third-order valence-corrected chi connectivity index (χ3v) is 9.63. The van der Waals surface area contributed by atoms with Gasteiger partial charge in [0.05, 0.1) is 0 Å². The van der Waals surface area contributed by atoms with Crippen LogP contribution in [0.3, 0.4) is 0 Å². The van der Waals surface area contributed by atoms with Crippen molar-refractivity contribution in [2.24, 2.45) is 0 Å². The quantitative estimate of drug-likeness (QED) is 0.161. The molecule has 10 aromatic rings. The van der Waals surface area contributed by atoms with Crippen molar-refractivity contribution in [3.8, 4) is 22.5 Å². The van der Waals surface area contributed by atoms with Crippen LogP contribution in [0.15, 0.2) is 170 Å². The van der Waals surface area contributed by atoms with Crippen molar-refractivity contribution in [1.82, 2.24) is 29.9 Å². The largest absolute Gasteiger partial charge is 2.00 e. The zero-order valence-electron chi connectivity index (χ0n) is 34.5. The van der Waals surface area contributed by atoms with E-state index in [0.717, 1.165) is 55.6 Å². The summed E-state index contributed by atoms with van der Waals surface area (Å²) in [5, 5.41) is 4.71. The Balaban J connectivity index is 0.000000152. The molecule has 0 aliphatic heterocycles. The molecule has 0 aliphatic carbocycles. The third kappa shape index (κ3) is 11.4. The summed E-state index contributed by atoms with van der Waals surface area (Å²) >= 11 is 0. The summed E-state index contributed by atoms with van der Waals surface area (Å²) in [7, 11) is 0. The Labute approximate surface area is 381 Å². The Morgan fingerprint density at radius 3 is 1.15 bits per heavy atom. The second-order valence-corrected chi connectivity index (χ2v) is 15.9. The molecule has 0 amide bonds. The summed E-state index contributed by atoms with van der Waals surface area (Å²) in [5.41, 5.74) is 10.8. The van der Waals surface area contributed by atoms with Gasteiger partial charge in [0.15, 0.2) is 0 Å². The third-order valence-electron chi connectivity index (χ3n) is 9.63. The predicted molar refractivity (Wildman–Crippen MR) is 240 cm³/mol. The number of aromatic nitrogens is 6. The molecule has 0 spiro atoms. The second-order valence-electron chi connectivity index (χ2n) is 15.9. The van der Waals surface area contributed by atoms with Crippen LogP contribution >= 0.6 is 0 Å². The van der Waals surface area contributed by atoms with Crippen molar-refractivity contribution in [2.45, 2.75) is 52.4 Å². The van der Waals surface area contributed by atoms with E-state index in [1.54, 1.807) is 24.8 Å². The van der Waals surface area contributed by atoms with Crippen LogP contribution in [0, 0.1) is 12.1 Å². The minimum atomic E-state index is 0. The molecule has 0 fully saturated rings. The van der Waals surface area contributed by atoms with E-state index in [1.165, 1.54) is 21.9 Å². The predicted octanol–water partition coefficient (Wildman–Crippen LogP) is 12.4. The minimum Gasteiger partial charge on any atom is -0.442 e. The zero-order chi connectivity index (χ0) is 40.5. The van der Waals surface area contributed by atoms with Crippen molar-refractivity contribution in [3.63, 3.8) is 0 Å². The molecule has 0 atom stereocenters. The maximum absolute atomic E-state index is 4.53. The SMILES string of the molecule is CC(C)(C)c1ccc2[n-]c3ncccc3c2c1.CC(C)(C)c1ccc2[n-]c3ncccc3c2c1.[Pt+2].[Pt+2].[c-]1ccccc1-c1ccccn1.[c-]1ccccc1-c1ccccn1. The van der Waals surface area contributed by atoms with E-state index in [2.05, 4.69) is 132 Å². The van der Waals surface area contributed by atoms with Crippen LogP contribution in [0.1, 0.15) is 52.7 Å². The summed E-state index contributed by atoms with van der Waals surface area (Å²) < 4.78 is 0. The van der Waals surface area contributed by atoms with Crippen LogP contribution in [0.25, 0.3) is 66.4 Å². The standard InChI is InChI=1S/2C15H15N2.2C11H8N.2Pt/c2*1-15(2,3)10-6-7-13-12(9-10)11-5-4-8-16-14(11)17-13;2*1-2-6-10(7-3-1)11-8-4-5-9-12-11;;/h2*4-9H,1-3H3;2*1-6,8-9H;;/q4*-1;2*+2. The van der Waals surface area contributed by atoms with Gasteiger partial charge in [0.2, 0.25) is 0 Å². The number of benzene rings is 4. The Bertz CT molecular complexity index is 2570. The molecule has 0 N–H and O–H groups in total. The maximum atomic E-state index is 4.53. The fraction of sp³-hybridized carbons (Fsp3) is 0.154. The van der Waals surface area contributed by atoms with Crippen molar-refractivity contribution >= 4 is 43.9 Å². The summed E-state index contributed by atoms with van der Waals surface area (Å²) in [6.07, 6.45) is 7.16. The number of nitrogens with zero attached hydrogens (tertiary/aromatic N) is 6. The number of hydrogen-bond donors (Lipinski definition) is 0. The Morgan fingerprint density at radius 1 is 0.400 bits per heavy atom. The molecule has 0 bridgehead atoms. The maximum Gasteiger partial charge on any atom is 2.00 e. The smallest absolute Gasteiger partial charge is 0.442 e. The molecule has 0 radical (unpaired) electrons. The minimum absolute atomic E-state index is 0. The van der Waals surface area contributed by atoms with Crippen molar-refractivity contribution < 1.29 is 42.1 Å². The first-order valence-corrected chi connectivity index (χ1v) is 19.4. The molecule has 0 saturated heterocycles. The molecule has 0 aliphatic rings. The first-order chi connectivity index (χ1) is 28.0. The van der Waals surface area contributed by atoms with E-state index >= 15 is 0 Å². The molecule has 0 unspecified atom stereocenters. The van der Waals surface area contributed by atoms with Crippen LogP contribution in [-0.2, 0) is 53.0 Å². The zero-order valence-corrected chi connectivity index (χ0v) is 39.0. The van der Waals surface area contributed by atoms with Crippen molar-refractivity contribution in [2.75, 3.05) is 0 Å². The normalized spacial score (nSPS) is 10.9. The van der Waals surface area contributed by atoms with E-state index in [0.29, 0.717) is 0 Å². The average molecular weight is 1150 g/mol. The summed E-state index contributed by atoms with van der Waals surface area (Å²) in [4.78, 5) is 26.1. The van der Waals surface area contributed by atoms with E-state index < -0.39 is 0 Å². The molecule has 60 heavy (non-hydrogen) atoms. The van der Waals surface area contributed by atoms with Gasteiger partial charge in [0.1, 0.15) is 0 Å². The molecule has 0 saturated carbocycles. The topological polar surface area (TPSA) is 79.8 Å². The van der Waals surface area contributed by atoms with E-state index in [-0.39, 0.29) is 53.0 Å². The molecule has 10 rings (SSSR count). The van der Waals surface area contributed by atoms with Crippen LogP contribution in [-0.4, -0.2) is 19.9 Å². The fourth-order valence-electron chi connectivity index (χ4n) is 6.40. The summed E-state index contributed by atoms with van der Waals surface area (Å²) in [6, 6.07) is 54.7. The summed E-state index contributed by atoms with van der Waals surface area (Å²) in [6.45, 7) is 13.4. The van der Waals surface area contributed by atoms with Crippen LogP contribution in [0.2, 0.25) is 0 Å². The van der Waals surface area contributed by atoms with Gasteiger partial charge in [0.25, 0.3) is 0 Å². The first kappa shape index (κ1) is 45.5. The van der Waals surface area contributed by atoms with Gasteiger partial charge in [-0.3, -0.25) is 0 Å². The first-order valence-electron chi connectivity index (χ1n) is 19.4. The van der Waals surface area contributed by atoms with Gasteiger partial charge in [-0.25, -0.2) is 0 Å². The van der Waals surface area contributed by atoms with E-state index in [1.807, 2.05) is 97.1 Å². The van der Waals surface area contributed by atoms with Crippen molar-refractivity contribution in [1.29, 1.82) is 0 Å².